The van der Waals surface area contributed by atoms with Crippen molar-refractivity contribution in [3.8, 4) is 0 Å². The second kappa shape index (κ2) is 9.59. The van der Waals surface area contributed by atoms with Crippen LogP contribution in [0.15, 0.2) is 58.5 Å². The van der Waals surface area contributed by atoms with Crippen LogP contribution in [0.25, 0.3) is 0 Å². The highest BCUT2D eigenvalue weighted by molar-refractivity contribution is 7.92. The summed E-state index contributed by atoms with van der Waals surface area (Å²) in [5.74, 6) is -0.455. The summed E-state index contributed by atoms with van der Waals surface area (Å²) in [5, 5.41) is 4.52. The number of likely N-dealkylation sites (tertiary alicyclic amines) is 1. The standard InChI is InChI=1S/C21H25ClN4O3S/c1-15(2)26-12-10-17(11-13-26)23-24-21(27)16-6-5-7-18(14-16)30(28,29)25-20-9-4-3-8-19(20)22/h3-9,14-15,25H,10-13H2,1-2H3,(H,24,27). The maximum atomic E-state index is 12.7. The Kier molecular flexibility index (Phi) is 7.12. The minimum absolute atomic E-state index is 0.0343. The van der Waals surface area contributed by atoms with E-state index >= 15 is 0 Å². The molecule has 9 heteroatoms. The Balaban J connectivity index is 1.68. The third kappa shape index (κ3) is 5.59. The van der Waals surface area contributed by atoms with Gasteiger partial charge in [0.2, 0.25) is 0 Å². The summed E-state index contributed by atoms with van der Waals surface area (Å²) in [4.78, 5) is 14.8. The summed E-state index contributed by atoms with van der Waals surface area (Å²) in [7, 11) is -3.90. The highest BCUT2D eigenvalue weighted by Gasteiger charge is 2.19. The number of para-hydroxylation sites is 1. The van der Waals surface area contributed by atoms with Crippen molar-refractivity contribution < 1.29 is 13.2 Å². The number of anilines is 1. The van der Waals surface area contributed by atoms with E-state index in [1.54, 1.807) is 30.3 Å². The Bertz CT molecular complexity index is 1040. The zero-order chi connectivity index (χ0) is 21.7. The van der Waals surface area contributed by atoms with Crippen molar-refractivity contribution in [1.29, 1.82) is 0 Å². The van der Waals surface area contributed by atoms with Crippen LogP contribution in [0.4, 0.5) is 5.69 Å². The second-order valence-electron chi connectivity index (χ2n) is 7.36. The lowest BCUT2D eigenvalue weighted by Crippen LogP contribution is -2.39. The lowest BCUT2D eigenvalue weighted by Gasteiger charge is -2.30. The zero-order valence-corrected chi connectivity index (χ0v) is 18.5. The van der Waals surface area contributed by atoms with E-state index in [1.165, 1.54) is 18.2 Å². The van der Waals surface area contributed by atoms with Crippen molar-refractivity contribution in [2.45, 2.75) is 37.6 Å². The Morgan fingerprint density at radius 3 is 2.47 bits per heavy atom. The first-order chi connectivity index (χ1) is 14.3. The summed E-state index contributed by atoms with van der Waals surface area (Å²) >= 11 is 6.03. The number of hydrogen-bond acceptors (Lipinski definition) is 5. The van der Waals surface area contributed by atoms with Crippen LogP contribution in [0.5, 0.6) is 0 Å². The monoisotopic (exact) mass is 448 g/mol. The van der Waals surface area contributed by atoms with Crippen LogP contribution < -0.4 is 10.1 Å². The summed E-state index contributed by atoms with van der Waals surface area (Å²) < 4.78 is 27.8. The lowest BCUT2D eigenvalue weighted by atomic mass is 10.1. The van der Waals surface area contributed by atoms with E-state index < -0.39 is 15.9 Å². The summed E-state index contributed by atoms with van der Waals surface area (Å²) in [6, 6.07) is 12.8. The molecule has 2 aromatic rings. The number of rotatable bonds is 6. The van der Waals surface area contributed by atoms with Gasteiger partial charge in [0.1, 0.15) is 0 Å². The molecule has 160 valence electrons. The molecule has 1 saturated heterocycles. The van der Waals surface area contributed by atoms with Gasteiger partial charge in [0.15, 0.2) is 0 Å². The second-order valence-corrected chi connectivity index (χ2v) is 9.45. The molecular formula is C21H25ClN4O3S. The van der Waals surface area contributed by atoms with Gasteiger partial charge in [0.25, 0.3) is 15.9 Å². The van der Waals surface area contributed by atoms with Crippen LogP contribution in [-0.4, -0.2) is 44.1 Å². The van der Waals surface area contributed by atoms with E-state index in [0.717, 1.165) is 31.6 Å². The molecule has 0 unspecified atom stereocenters. The molecule has 30 heavy (non-hydrogen) atoms. The third-order valence-corrected chi connectivity index (χ3v) is 6.64. The van der Waals surface area contributed by atoms with Gasteiger partial charge in [-0.1, -0.05) is 29.8 Å². The Morgan fingerprint density at radius 1 is 1.10 bits per heavy atom. The maximum absolute atomic E-state index is 12.7. The van der Waals surface area contributed by atoms with Crippen LogP contribution in [0.3, 0.4) is 0 Å². The SMILES string of the molecule is CC(C)N1CCC(=NNC(=O)c2cccc(S(=O)(=O)Nc3ccccc3Cl)c2)CC1. The number of halogens is 1. The smallest absolute Gasteiger partial charge is 0.271 e. The van der Waals surface area contributed by atoms with Crippen molar-refractivity contribution in [2.75, 3.05) is 17.8 Å². The number of piperidine rings is 1. The van der Waals surface area contributed by atoms with Crippen molar-refractivity contribution in [3.05, 3.63) is 59.1 Å². The molecule has 7 nitrogen and oxygen atoms in total. The molecule has 0 saturated carbocycles. The van der Waals surface area contributed by atoms with Crippen LogP contribution in [0, 0.1) is 0 Å². The predicted octanol–water partition coefficient (Wildman–Crippen LogP) is 3.73. The quantitative estimate of drug-likeness (QED) is 0.658. The van der Waals surface area contributed by atoms with Crippen molar-refractivity contribution in [3.63, 3.8) is 0 Å². The molecule has 1 fully saturated rings. The average Bonchev–Trinajstić information content (AvgIpc) is 2.74. The molecule has 0 bridgehead atoms. The number of nitrogens with one attached hydrogen (secondary N) is 2. The van der Waals surface area contributed by atoms with Crippen molar-refractivity contribution >= 4 is 38.9 Å². The number of carbonyl (C=O) groups excluding carboxylic acids is 1. The minimum atomic E-state index is -3.90. The fraction of sp³-hybridized carbons (Fsp3) is 0.333. The fourth-order valence-electron chi connectivity index (χ4n) is 3.16. The minimum Gasteiger partial charge on any atom is -0.300 e. The van der Waals surface area contributed by atoms with E-state index in [4.69, 9.17) is 11.6 Å². The Morgan fingerprint density at radius 2 is 1.80 bits per heavy atom. The van der Waals surface area contributed by atoms with Gasteiger partial charge in [-0.15, -0.1) is 0 Å². The first-order valence-corrected chi connectivity index (χ1v) is 11.6. The number of amides is 1. The first-order valence-electron chi connectivity index (χ1n) is 9.73. The molecule has 1 aliphatic heterocycles. The fourth-order valence-corrected chi connectivity index (χ4v) is 4.52. The number of hydrogen-bond donors (Lipinski definition) is 2. The summed E-state index contributed by atoms with van der Waals surface area (Å²) in [6.45, 7) is 6.14. The van der Waals surface area contributed by atoms with E-state index in [-0.39, 0.29) is 21.2 Å². The molecule has 1 amide bonds. The van der Waals surface area contributed by atoms with Crippen LogP contribution in [-0.2, 0) is 10.0 Å². The molecule has 0 atom stereocenters. The van der Waals surface area contributed by atoms with Gasteiger partial charge in [-0.2, -0.15) is 5.10 Å². The van der Waals surface area contributed by atoms with Gasteiger partial charge < -0.3 is 4.90 Å². The Hall–Kier alpha value is -2.42. The third-order valence-electron chi connectivity index (χ3n) is 4.95. The number of sulfonamides is 1. The van der Waals surface area contributed by atoms with E-state index in [9.17, 15) is 13.2 Å². The van der Waals surface area contributed by atoms with Gasteiger partial charge in [0.05, 0.1) is 15.6 Å². The molecular weight excluding hydrogens is 424 g/mol. The lowest BCUT2D eigenvalue weighted by molar-refractivity contribution is 0.0954. The molecule has 0 spiro atoms. The van der Waals surface area contributed by atoms with Gasteiger partial charge in [-0.25, -0.2) is 13.8 Å². The highest BCUT2D eigenvalue weighted by Crippen LogP contribution is 2.24. The van der Waals surface area contributed by atoms with E-state index in [1.807, 2.05) is 0 Å². The van der Waals surface area contributed by atoms with E-state index in [0.29, 0.717) is 6.04 Å². The van der Waals surface area contributed by atoms with Crippen LogP contribution in [0.2, 0.25) is 5.02 Å². The predicted molar refractivity (Wildman–Crippen MR) is 120 cm³/mol. The van der Waals surface area contributed by atoms with Crippen molar-refractivity contribution in [2.24, 2.45) is 5.10 Å². The number of hydrazone groups is 1. The van der Waals surface area contributed by atoms with Gasteiger partial charge in [-0.3, -0.25) is 9.52 Å². The summed E-state index contributed by atoms with van der Waals surface area (Å²) in [6.07, 6.45) is 1.60. The number of carbonyl (C=O) groups is 1. The maximum Gasteiger partial charge on any atom is 0.271 e. The summed E-state index contributed by atoms with van der Waals surface area (Å²) in [5.41, 5.74) is 3.96. The molecule has 1 heterocycles. The average molecular weight is 449 g/mol. The highest BCUT2D eigenvalue weighted by atomic mass is 35.5. The topological polar surface area (TPSA) is 90.9 Å². The zero-order valence-electron chi connectivity index (χ0n) is 16.9. The molecule has 3 rings (SSSR count). The van der Waals surface area contributed by atoms with Gasteiger partial charge >= 0.3 is 0 Å². The van der Waals surface area contributed by atoms with Gasteiger partial charge in [0, 0.05) is 43.2 Å². The molecule has 2 aromatic carbocycles. The normalized spacial score (nSPS) is 15.1. The van der Waals surface area contributed by atoms with Crippen LogP contribution >= 0.6 is 11.6 Å². The molecule has 2 N–H and O–H groups in total. The molecule has 1 aliphatic rings. The van der Waals surface area contributed by atoms with Crippen LogP contribution in [0.1, 0.15) is 37.0 Å². The number of nitrogens with zero attached hydrogens (tertiary/aromatic N) is 2. The van der Waals surface area contributed by atoms with Crippen molar-refractivity contribution in [1.82, 2.24) is 10.3 Å². The Labute approximate surface area is 182 Å². The molecule has 0 aromatic heterocycles. The molecule has 0 aliphatic carbocycles. The molecule has 0 radical (unpaired) electrons. The van der Waals surface area contributed by atoms with Gasteiger partial charge in [-0.05, 0) is 44.2 Å². The largest absolute Gasteiger partial charge is 0.300 e. The van der Waals surface area contributed by atoms with E-state index in [2.05, 4.69) is 34.0 Å². The number of benzene rings is 2. The first kappa shape index (κ1) is 22.3.